The van der Waals surface area contributed by atoms with Crippen LogP contribution in [-0.2, 0) is 6.18 Å². The summed E-state index contributed by atoms with van der Waals surface area (Å²) in [6.45, 7) is 1.70. The molecule has 5 nitrogen and oxygen atoms in total. The first kappa shape index (κ1) is 18.3. The number of fused-ring (bicyclic) bond motifs is 1. The highest BCUT2D eigenvalue weighted by Crippen LogP contribution is 2.38. The van der Waals surface area contributed by atoms with Gasteiger partial charge in [0.15, 0.2) is 6.29 Å². The maximum Gasteiger partial charge on any atom is 0.433 e. The zero-order valence-electron chi connectivity index (χ0n) is 13.8. The normalized spacial score (nSPS) is 13.0. The van der Waals surface area contributed by atoms with E-state index in [0.29, 0.717) is 32.8 Å². The summed E-state index contributed by atoms with van der Waals surface area (Å²) in [4.78, 5) is 19.8. The highest BCUT2D eigenvalue weighted by Gasteiger charge is 2.33. The van der Waals surface area contributed by atoms with Crippen molar-refractivity contribution in [1.82, 2.24) is 9.97 Å². The summed E-state index contributed by atoms with van der Waals surface area (Å²) in [5.74, 6) is 0.217. The molecule has 0 radical (unpaired) electrons. The van der Waals surface area contributed by atoms with E-state index in [1.165, 1.54) is 19.2 Å². The fraction of sp³-hybridized carbons (Fsp3) is 0.235. The Bertz CT molecular complexity index is 983. The summed E-state index contributed by atoms with van der Waals surface area (Å²) < 4.78 is 44.1. The minimum absolute atomic E-state index is 0.0741. The SMILES string of the molecule is COc1ccc(-c2nc(C(C)N)c(C=O)s2)c2ccc(C(F)(F)F)nc12. The number of rotatable bonds is 4. The average molecular weight is 381 g/mol. The van der Waals surface area contributed by atoms with Crippen LogP contribution in [0.1, 0.15) is 34.0 Å². The Hall–Kier alpha value is -2.52. The van der Waals surface area contributed by atoms with Crippen LogP contribution < -0.4 is 10.5 Å². The quantitative estimate of drug-likeness (QED) is 0.685. The molecule has 26 heavy (non-hydrogen) atoms. The number of benzene rings is 1. The van der Waals surface area contributed by atoms with Gasteiger partial charge in [-0.2, -0.15) is 13.2 Å². The minimum Gasteiger partial charge on any atom is -0.494 e. The molecule has 0 saturated carbocycles. The number of thiazole rings is 1. The number of ether oxygens (including phenoxy) is 1. The number of nitrogens with zero attached hydrogens (tertiary/aromatic N) is 2. The molecule has 0 aliphatic carbocycles. The first-order chi connectivity index (χ1) is 12.3. The summed E-state index contributed by atoms with van der Waals surface area (Å²) >= 11 is 1.13. The van der Waals surface area contributed by atoms with E-state index in [2.05, 4.69) is 9.97 Å². The highest BCUT2D eigenvalue weighted by molar-refractivity contribution is 7.16. The van der Waals surface area contributed by atoms with Crippen LogP contribution in [0.5, 0.6) is 5.75 Å². The third kappa shape index (κ3) is 3.15. The van der Waals surface area contributed by atoms with Gasteiger partial charge in [-0.1, -0.05) is 0 Å². The molecule has 0 fully saturated rings. The number of pyridine rings is 1. The number of hydrogen-bond acceptors (Lipinski definition) is 6. The molecule has 0 bridgehead atoms. The molecular weight excluding hydrogens is 367 g/mol. The Labute approximate surface area is 150 Å². The number of aldehydes is 1. The van der Waals surface area contributed by atoms with Crippen molar-refractivity contribution in [3.8, 4) is 16.3 Å². The molecular formula is C17H14F3N3O2S. The molecule has 2 heterocycles. The van der Waals surface area contributed by atoms with Crippen LogP contribution in [-0.4, -0.2) is 23.4 Å². The van der Waals surface area contributed by atoms with Crippen LogP contribution in [0.2, 0.25) is 0 Å². The van der Waals surface area contributed by atoms with E-state index in [1.54, 1.807) is 13.0 Å². The summed E-state index contributed by atoms with van der Waals surface area (Å²) in [5.41, 5.74) is 5.91. The van der Waals surface area contributed by atoms with E-state index in [9.17, 15) is 18.0 Å². The minimum atomic E-state index is -4.57. The van der Waals surface area contributed by atoms with E-state index in [1.807, 2.05) is 0 Å². The molecule has 2 N–H and O–H groups in total. The van der Waals surface area contributed by atoms with Crippen molar-refractivity contribution in [2.24, 2.45) is 5.73 Å². The third-order valence-corrected chi connectivity index (χ3v) is 4.81. The summed E-state index contributed by atoms with van der Waals surface area (Å²) in [6, 6.07) is 5.00. The van der Waals surface area contributed by atoms with Crippen molar-refractivity contribution < 1.29 is 22.7 Å². The lowest BCUT2D eigenvalue weighted by Gasteiger charge is -2.11. The summed E-state index contributed by atoms with van der Waals surface area (Å²) in [7, 11) is 1.36. The molecule has 1 atom stereocenters. The van der Waals surface area contributed by atoms with Crippen LogP contribution in [0.25, 0.3) is 21.5 Å². The zero-order chi connectivity index (χ0) is 19.1. The van der Waals surface area contributed by atoms with Gasteiger partial charge in [0.2, 0.25) is 0 Å². The molecule has 2 aromatic heterocycles. The van der Waals surface area contributed by atoms with Crippen molar-refractivity contribution in [3.05, 3.63) is 40.5 Å². The number of carbonyl (C=O) groups is 1. The molecule has 0 saturated heterocycles. The first-order valence-electron chi connectivity index (χ1n) is 7.53. The van der Waals surface area contributed by atoms with Gasteiger partial charge in [0.1, 0.15) is 22.0 Å². The molecule has 3 aromatic rings. The Morgan fingerprint density at radius 3 is 2.50 bits per heavy atom. The van der Waals surface area contributed by atoms with E-state index in [0.717, 1.165) is 17.4 Å². The zero-order valence-corrected chi connectivity index (χ0v) is 14.6. The Balaban J connectivity index is 2.26. The van der Waals surface area contributed by atoms with Crippen molar-refractivity contribution in [2.75, 3.05) is 7.11 Å². The number of carbonyl (C=O) groups excluding carboxylic acids is 1. The van der Waals surface area contributed by atoms with Crippen molar-refractivity contribution in [1.29, 1.82) is 0 Å². The molecule has 1 aromatic carbocycles. The van der Waals surface area contributed by atoms with Gasteiger partial charge < -0.3 is 10.5 Å². The van der Waals surface area contributed by atoms with Crippen molar-refractivity contribution >= 4 is 28.5 Å². The second-order valence-electron chi connectivity index (χ2n) is 5.58. The molecule has 0 aliphatic heterocycles. The van der Waals surface area contributed by atoms with Crippen LogP contribution in [0, 0.1) is 0 Å². The van der Waals surface area contributed by atoms with Crippen molar-refractivity contribution in [2.45, 2.75) is 19.1 Å². The number of halogens is 3. The summed E-state index contributed by atoms with van der Waals surface area (Å²) in [6.07, 6.45) is -3.89. The van der Waals surface area contributed by atoms with Gasteiger partial charge in [-0.15, -0.1) is 11.3 Å². The lowest BCUT2D eigenvalue weighted by Crippen LogP contribution is -2.08. The number of aromatic nitrogens is 2. The summed E-state index contributed by atoms with van der Waals surface area (Å²) in [5, 5.41) is 0.924. The topological polar surface area (TPSA) is 78.1 Å². The molecule has 0 amide bonds. The van der Waals surface area contributed by atoms with Gasteiger partial charge in [-0.3, -0.25) is 4.79 Å². The van der Waals surface area contributed by atoms with Crippen LogP contribution >= 0.6 is 11.3 Å². The number of hydrogen-bond donors (Lipinski definition) is 1. The fourth-order valence-corrected chi connectivity index (χ4v) is 3.60. The monoisotopic (exact) mass is 381 g/mol. The van der Waals surface area contributed by atoms with Gasteiger partial charge in [0, 0.05) is 17.0 Å². The van der Waals surface area contributed by atoms with Gasteiger partial charge >= 0.3 is 6.18 Å². The second kappa shape index (κ2) is 6.65. The standard InChI is InChI=1S/C17H14F3N3O2S/c1-8(21)14-12(7-24)26-16(23-14)10-3-5-11(25-2)15-9(10)4-6-13(22-15)17(18,19)20/h3-8H,21H2,1-2H3. The van der Waals surface area contributed by atoms with Gasteiger partial charge in [-0.05, 0) is 31.2 Å². The molecule has 3 rings (SSSR count). The average Bonchev–Trinajstić information content (AvgIpc) is 3.04. The maximum absolute atomic E-state index is 13.0. The Morgan fingerprint density at radius 2 is 1.96 bits per heavy atom. The molecule has 136 valence electrons. The van der Waals surface area contributed by atoms with E-state index in [-0.39, 0.29) is 11.3 Å². The van der Waals surface area contributed by atoms with Gasteiger partial charge in [-0.25, -0.2) is 9.97 Å². The number of methoxy groups -OCH3 is 1. The lowest BCUT2D eigenvalue weighted by atomic mass is 10.1. The maximum atomic E-state index is 13.0. The number of nitrogens with two attached hydrogens (primary N) is 1. The lowest BCUT2D eigenvalue weighted by molar-refractivity contribution is -0.140. The van der Waals surface area contributed by atoms with Crippen LogP contribution in [0.15, 0.2) is 24.3 Å². The van der Waals surface area contributed by atoms with Gasteiger partial charge in [0.25, 0.3) is 0 Å². The Kier molecular flexibility index (Phi) is 4.68. The van der Waals surface area contributed by atoms with E-state index < -0.39 is 17.9 Å². The van der Waals surface area contributed by atoms with Gasteiger partial charge in [0.05, 0.1) is 17.7 Å². The Morgan fingerprint density at radius 1 is 1.23 bits per heavy atom. The molecule has 0 aliphatic rings. The highest BCUT2D eigenvalue weighted by atomic mass is 32.1. The number of alkyl halides is 3. The van der Waals surface area contributed by atoms with E-state index >= 15 is 0 Å². The van der Waals surface area contributed by atoms with Crippen LogP contribution in [0.4, 0.5) is 13.2 Å². The first-order valence-corrected chi connectivity index (χ1v) is 8.34. The molecule has 9 heteroatoms. The fourth-order valence-electron chi connectivity index (χ4n) is 2.57. The predicted molar refractivity (Wildman–Crippen MR) is 92.4 cm³/mol. The van der Waals surface area contributed by atoms with Crippen molar-refractivity contribution in [3.63, 3.8) is 0 Å². The predicted octanol–water partition coefficient (Wildman–Crippen LogP) is 4.22. The molecule has 1 unspecified atom stereocenters. The third-order valence-electron chi connectivity index (χ3n) is 3.78. The van der Waals surface area contributed by atoms with Crippen LogP contribution in [0.3, 0.4) is 0 Å². The second-order valence-corrected chi connectivity index (χ2v) is 6.61. The largest absolute Gasteiger partial charge is 0.494 e. The smallest absolute Gasteiger partial charge is 0.433 e. The van der Waals surface area contributed by atoms with E-state index in [4.69, 9.17) is 10.5 Å². The molecule has 0 spiro atoms.